The summed E-state index contributed by atoms with van der Waals surface area (Å²) in [6, 6.07) is 9.65. The molecule has 0 spiro atoms. The van der Waals surface area contributed by atoms with E-state index in [0.717, 1.165) is 41.3 Å². The van der Waals surface area contributed by atoms with Gasteiger partial charge in [-0.2, -0.15) is 0 Å². The monoisotopic (exact) mass is 359 g/mol. The van der Waals surface area contributed by atoms with Gasteiger partial charge in [-0.15, -0.1) is 31.7 Å². The Labute approximate surface area is 148 Å². The first-order valence-corrected chi connectivity index (χ1v) is 9.40. The second-order valence-corrected chi connectivity index (χ2v) is 7.23. The van der Waals surface area contributed by atoms with Crippen molar-refractivity contribution in [1.29, 1.82) is 0 Å². The fourth-order valence-electron chi connectivity index (χ4n) is 2.21. The van der Waals surface area contributed by atoms with E-state index in [1.807, 2.05) is 30.3 Å². The zero-order valence-electron chi connectivity index (χ0n) is 13.0. The molecule has 0 atom stereocenters. The molecule has 124 valence electrons. The fourth-order valence-corrected chi connectivity index (χ4v) is 3.58. The average molecular weight is 359 g/mol. The Morgan fingerprint density at radius 2 is 1.79 bits per heavy atom. The molecule has 0 radical (unpaired) electrons. The molecule has 0 saturated carbocycles. The third-order valence-electron chi connectivity index (χ3n) is 3.36. The third-order valence-corrected chi connectivity index (χ3v) is 5.01. The Morgan fingerprint density at radius 1 is 1.00 bits per heavy atom. The first-order valence-electron chi connectivity index (χ1n) is 7.71. The molecule has 8 heteroatoms. The van der Waals surface area contributed by atoms with Crippen molar-refractivity contribution in [2.45, 2.75) is 32.1 Å². The lowest BCUT2D eigenvalue weighted by atomic mass is 10.1. The number of nitrogens with zero attached hydrogens (tertiary/aromatic N) is 4. The van der Waals surface area contributed by atoms with Gasteiger partial charge in [0.25, 0.3) is 0 Å². The van der Waals surface area contributed by atoms with Gasteiger partial charge in [-0.05, 0) is 18.4 Å². The maximum Gasteiger partial charge on any atom is 0.230 e. The Morgan fingerprint density at radius 3 is 2.54 bits per heavy atom. The van der Waals surface area contributed by atoms with E-state index in [4.69, 9.17) is 0 Å². The van der Waals surface area contributed by atoms with Crippen molar-refractivity contribution in [1.82, 2.24) is 20.4 Å². The highest BCUT2D eigenvalue weighted by atomic mass is 32.1. The van der Waals surface area contributed by atoms with Crippen molar-refractivity contribution < 1.29 is 4.79 Å². The van der Waals surface area contributed by atoms with Crippen molar-refractivity contribution in [2.75, 3.05) is 5.32 Å². The van der Waals surface area contributed by atoms with Gasteiger partial charge in [0.05, 0.1) is 6.42 Å². The maximum atomic E-state index is 12.0. The minimum absolute atomic E-state index is 0.0693. The van der Waals surface area contributed by atoms with Gasteiger partial charge in [-0.25, -0.2) is 0 Å². The summed E-state index contributed by atoms with van der Waals surface area (Å²) in [4.78, 5) is 12.0. The van der Waals surface area contributed by atoms with E-state index < -0.39 is 0 Å². The van der Waals surface area contributed by atoms with Crippen LogP contribution in [0.3, 0.4) is 0 Å². The molecule has 1 amide bonds. The Balaban J connectivity index is 1.41. The summed E-state index contributed by atoms with van der Waals surface area (Å²) in [5.74, 6) is -0.0693. The predicted octanol–water partition coefficient (Wildman–Crippen LogP) is 3.14. The van der Waals surface area contributed by atoms with E-state index in [1.165, 1.54) is 11.3 Å². The molecule has 0 fully saturated rings. The van der Waals surface area contributed by atoms with Crippen LogP contribution in [0.15, 0.2) is 35.8 Å². The van der Waals surface area contributed by atoms with Crippen LogP contribution in [0.4, 0.5) is 5.13 Å². The first kappa shape index (κ1) is 16.7. The molecule has 1 N–H and O–H groups in total. The Hall–Kier alpha value is -2.19. The van der Waals surface area contributed by atoms with Gasteiger partial charge in [0.1, 0.15) is 15.5 Å². The lowest BCUT2D eigenvalue weighted by Crippen LogP contribution is -2.14. The second-order valence-electron chi connectivity index (χ2n) is 5.25. The maximum absolute atomic E-state index is 12.0. The number of carbonyl (C=O) groups is 1. The van der Waals surface area contributed by atoms with Crippen LogP contribution in [0.2, 0.25) is 0 Å². The number of rotatable bonds is 8. The number of nitrogens with one attached hydrogen (secondary N) is 1. The summed E-state index contributed by atoms with van der Waals surface area (Å²) in [6.07, 6.45) is 4.23. The smallest absolute Gasteiger partial charge is 0.230 e. The number of carbonyl (C=O) groups excluding carboxylic acids is 1. The molecule has 0 aliphatic rings. The van der Waals surface area contributed by atoms with E-state index in [1.54, 1.807) is 16.8 Å². The van der Waals surface area contributed by atoms with Crippen molar-refractivity contribution in [3.8, 4) is 0 Å². The van der Waals surface area contributed by atoms with Crippen molar-refractivity contribution in [3.05, 3.63) is 51.4 Å². The van der Waals surface area contributed by atoms with E-state index in [-0.39, 0.29) is 5.91 Å². The topological polar surface area (TPSA) is 80.7 Å². The van der Waals surface area contributed by atoms with Gasteiger partial charge in [0.2, 0.25) is 11.0 Å². The number of hydrogen-bond donors (Lipinski definition) is 1. The van der Waals surface area contributed by atoms with Crippen LogP contribution in [0.5, 0.6) is 0 Å². The quantitative estimate of drug-likeness (QED) is 0.625. The Kier molecular flexibility index (Phi) is 5.97. The van der Waals surface area contributed by atoms with Crippen LogP contribution in [0.1, 0.15) is 28.4 Å². The minimum atomic E-state index is -0.0693. The molecule has 2 heterocycles. The van der Waals surface area contributed by atoms with E-state index in [2.05, 4.69) is 25.7 Å². The molecule has 3 rings (SSSR count). The first-order chi connectivity index (χ1) is 11.8. The zero-order valence-corrected chi connectivity index (χ0v) is 14.6. The number of benzene rings is 1. The van der Waals surface area contributed by atoms with Crippen LogP contribution in [-0.4, -0.2) is 26.3 Å². The van der Waals surface area contributed by atoms with Crippen LogP contribution in [0.25, 0.3) is 0 Å². The highest BCUT2D eigenvalue weighted by Crippen LogP contribution is 2.18. The number of hydrogen-bond acceptors (Lipinski definition) is 7. The van der Waals surface area contributed by atoms with Gasteiger partial charge in [0.15, 0.2) is 0 Å². The molecule has 3 aromatic rings. The molecule has 0 saturated heterocycles. The molecule has 0 bridgehead atoms. The van der Waals surface area contributed by atoms with Crippen LogP contribution < -0.4 is 5.32 Å². The van der Waals surface area contributed by atoms with E-state index >= 15 is 0 Å². The number of unbranched alkanes of at least 4 members (excludes halogenated alkanes) is 1. The molecule has 6 nitrogen and oxygen atoms in total. The molecule has 0 unspecified atom stereocenters. The number of amides is 1. The fraction of sp³-hybridized carbons (Fsp3) is 0.312. The summed E-state index contributed by atoms with van der Waals surface area (Å²) in [5.41, 5.74) is 2.74. The summed E-state index contributed by atoms with van der Waals surface area (Å²) in [7, 11) is 0. The van der Waals surface area contributed by atoms with Gasteiger partial charge in [-0.3, -0.25) is 4.79 Å². The SMILES string of the molecule is O=C(Cc1ccccc1)Nc1nnc(CCCCc2nncs2)s1. The summed E-state index contributed by atoms with van der Waals surface area (Å²) < 4.78 is 0. The van der Waals surface area contributed by atoms with Crippen molar-refractivity contribution >= 4 is 33.7 Å². The second kappa shape index (κ2) is 8.60. The Bertz CT molecular complexity index is 758. The van der Waals surface area contributed by atoms with E-state index in [0.29, 0.717) is 11.6 Å². The van der Waals surface area contributed by atoms with Crippen molar-refractivity contribution in [3.63, 3.8) is 0 Å². The lowest BCUT2D eigenvalue weighted by molar-refractivity contribution is -0.115. The molecule has 0 aliphatic heterocycles. The van der Waals surface area contributed by atoms with Gasteiger partial charge in [0, 0.05) is 12.8 Å². The molecular formula is C16H17N5OS2. The molecule has 2 aromatic heterocycles. The lowest BCUT2D eigenvalue weighted by Gasteiger charge is -2.00. The van der Waals surface area contributed by atoms with Gasteiger partial charge < -0.3 is 5.32 Å². The normalized spacial score (nSPS) is 10.7. The highest BCUT2D eigenvalue weighted by molar-refractivity contribution is 7.15. The molecule has 1 aromatic carbocycles. The van der Waals surface area contributed by atoms with Gasteiger partial charge >= 0.3 is 0 Å². The minimum Gasteiger partial charge on any atom is -0.300 e. The van der Waals surface area contributed by atoms with Gasteiger partial charge in [-0.1, -0.05) is 41.7 Å². The van der Waals surface area contributed by atoms with Crippen LogP contribution >= 0.6 is 22.7 Å². The van der Waals surface area contributed by atoms with Crippen molar-refractivity contribution in [2.24, 2.45) is 0 Å². The zero-order chi connectivity index (χ0) is 16.6. The summed E-state index contributed by atoms with van der Waals surface area (Å²) in [6.45, 7) is 0. The number of aromatic nitrogens is 4. The summed E-state index contributed by atoms with van der Waals surface area (Å²) in [5, 5.41) is 21.4. The molecule has 0 aliphatic carbocycles. The average Bonchev–Trinajstić information content (AvgIpc) is 3.24. The largest absolute Gasteiger partial charge is 0.300 e. The van der Waals surface area contributed by atoms with Crippen LogP contribution in [-0.2, 0) is 24.1 Å². The predicted molar refractivity (Wildman–Crippen MR) is 95.2 cm³/mol. The van der Waals surface area contributed by atoms with Crippen LogP contribution in [0, 0.1) is 0 Å². The van der Waals surface area contributed by atoms with E-state index in [9.17, 15) is 4.79 Å². The molecule has 24 heavy (non-hydrogen) atoms. The number of anilines is 1. The number of aryl methyl sites for hydroxylation is 2. The highest BCUT2D eigenvalue weighted by Gasteiger charge is 2.09. The standard InChI is InChI=1S/C16H17N5OS2/c22-13(10-12-6-2-1-3-7-12)18-16-21-20-15(24-16)9-5-4-8-14-19-17-11-23-14/h1-3,6-7,11H,4-5,8-10H2,(H,18,21,22). The summed E-state index contributed by atoms with van der Waals surface area (Å²) >= 11 is 3.03. The third kappa shape index (κ3) is 5.17. The molecular weight excluding hydrogens is 342 g/mol.